The van der Waals surface area contributed by atoms with Gasteiger partial charge in [-0.25, -0.2) is 13.2 Å². The lowest BCUT2D eigenvalue weighted by molar-refractivity contribution is 0.555. The number of nitrogens with two attached hydrogens (primary N) is 1. The summed E-state index contributed by atoms with van der Waals surface area (Å²) in [6.45, 7) is 0.906. The molecule has 1 aliphatic heterocycles. The van der Waals surface area contributed by atoms with Gasteiger partial charge in [0.15, 0.2) is 0 Å². The Hall–Kier alpha value is -2.93. The van der Waals surface area contributed by atoms with Crippen LogP contribution in [-0.4, -0.2) is 16.7 Å². The highest BCUT2D eigenvalue weighted by Gasteiger charge is 2.26. The van der Waals surface area contributed by atoms with Crippen LogP contribution in [0.3, 0.4) is 0 Å². The van der Waals surface area contributed by atoms with Crippen molar-refractivity contribution < 1.29 is 13.2 Å². The minimum Gasteiger partial charge on any atom is -0.382 e. The highest BCUT2D eigenvalue weighted by molar-refractivity contribution is 5.63. The summed E-state index contributed by atoms with van der Waals surface area (Å²) < 4.78 is 42.9. The van der Waals surface area contributed by atoms with Crippen molar-refractivity contribution >= 4 is 5.82 Å². The molecule has 0 bridgehead atoms. The molecule has 0 amide bonds. The number of fused-ring (bicyclic) bond motifs is 1. The molecule has 4 rings (SSSR count). The number of halogens is 3. The maximum atomic E-state index is 15.3. The fourth-order valence-electron chi connectivity index (χ4n) is 3.55. The van der Waals surface area contributed by atoms with Gasteiger partial charge in [-0.15, -0.1) is 10.2 Å². The second kappa shape index (κ2) is 7.00. The first kappa shape index (κ1) is 17.5. The van der Waals surface area contributed by atoms with Crippen molar-refractivity contribution in [2.75, 3.05) is 12.3 Å². The molecule has 1 aromatic heterocycles. The summed E-state index contributed by atoms with van der Waals surface area (Å²) in [6, 6.07) is 10.1. The van der Waals surface area contributed by atoms with Crippen LogP contribution in [0.2, 0.25) is 0 Å². The van der Waals surface area contributed by atoms with Crippen molar-refractivity contribution in [3.63, 3.8) is 0 Å². The monoisotopic (exact) mass is 370 g/mol. The SMILES string of the molecule is Nc1ccc(-c2ccc3c(c2F)CNCCC3c2ccc(F)cc2F)nn1. The molecule has 3 aromatic rings. The van der Waals surface area contributed by atoms with E-state index in [2.05, 4.69) is 15.5 Å². The summed E-state index contributed by atoms with van der Waals surface area (Å²) in [5.41, 5.74) is 7.73. The molecular formula is C20H17F3N4. The summed E-state index contributed by atoms with van der Waals surface area (Å²) >= 11 is 0. The molecular weight excluding hydrogens is 353 g/mol. The first-order valence-electron chi connectivity index (χ1n) is 8.61. The molecule has 0 saturated carbocycles. The first-order chi connectivity index (χ1) is 13.0. The van der Waals surface area contributed by atoms with Crippen LogP contribution in [0, 0.1) is 17.5 Å². The van der Waals surface area contributed by atoms with E-state index >= 15 is 4.39 Å². The largest absolute Gasteiger partial charge is 0.382 e. The van der Waals surface area contributed by atoms with E-state index in [0.29, 0.717) is 47.5 Å². The Kier molecular flexibility index (Phi) is 4.53. The summed E-state index contributed by atoms with van der Waals surface area (Å²) in [5.74, 6) is -1.79. The van der Waals surface area contributed by atoms with Crippen molar-refractivity contribution in [1.29, 1.82) is 0 Å². The Labute approximate surface area is 154 Å². The number of nitrogens with zero attached hydrogens (tertiary/aromatic N) is 2. The average Bonchev–Trinajstić information content (AvgIpc) is 2.86. The van der Waals surface area contributed by atoms with E-state index in [4.69, 9.17) is 5.73 Å². The Balaban J connectivity index is 1.83. The number of rotatable bonds is 2. The van der Waals surface area contributed by atoms with Gasteiger partial charge in [-0.1, -0.05) is 12.1 Å². The van der Waals surface area contributed by atoms with Gasteiger partial charge in [0, 0.05) is 29.7 Å². The van der Waals surface area contributed by atoms with Crippen molar-refractivity contribution in [3.8, 4) is 11.3 Å². The summed E-state index contributed by atoms with van der Waals surface area (Å²) in [6.07, 6.45) is 0.579. The number of nitrogens with one attached hydrogen (secondary N) is 1. The number of aromatic nitrogens is 2. The molecule has 1 atom stereocenters. The lowest BCUT2D eigenvalue weighted by Gasteiger charge is -2.20. The van der Waals surface area contributed by atoms with Gasteiger partial charge in [-0.2, -0.15) is 0 Å². The molecule has 4 nitrogen and oxygen atoms in total. The smallest absolute Gasteiger partial charge is 0.146 e. The van der Waals surface area contributed by atoms with Crippen LogP contribution in [-0.2, 0) is 6.54 Å². The summed E-state index contributed by atoms with van der Waals surface area (Å²) in [4.78, 5) is 0. The van der Waals surface area contributed by atoms with Gasteiger partial charge >= 0.3 is 0 Å². The minimum atomic E-state index is -0.633. The van der Waals surface area contributed by atoms with E-state index in [1.54, 1.807) is 24.3 Å². The molecule has 2 heterocycles. The topological polar surface area (TPSA) is 63.8 Å². The van der Waals surface area contributed by atoms with E-state index in [1.807, 2.05) is 0 Å². The quantitative estimate of drug-likeness (QED) is 0.721. The van der Waals surface area contributed by atoms with Gasteiger partial charge in [0.2, 0.25) is 0 Å². The predicted molar refractivity (Wildman–Crippen MR) is 96.4 cm³/mol. The zero-order chi connectivity index (χ0) is 19.0. The predicted octanol–water partition coefficient (Wildman–Crippen LogP) is 3.77. The van der Waals surface area contributed by atoms with Crippen LogP contribution in [0.5, 0.6) is 0 Å². The van der Waals surface area contributed by atoms with Crippen molar-refractivity contribution in [3.05, 3.63) is 76.6 Å². The Morgan fingerprint density at radius 2 is 1.78 bits per heavy atom. The Morgan fingerprint density at radius 1 is 0.963 bits per heavy atom. The molecule has 7 heteroatoms. The molecule has 0 aliphatic carbocycles. The average molecular weight is 370 g/mol. The third kappa shape index (κ3) is 3.26. The highest BCUT2D eigenvalue weighted by atomic mass is 19.1. The second-order valence-electron chi connectivity index (χ2n) is 6.52. The summed E-state index contributed by atoms with van der Waals surface area (Å²) in [5, 5.41) is 10.9. The Morgan fingerprint density at radius 3 is 2.52 bits per heavy atom. The number of hydrogen-bond acceptors (Lipinski definition) is 4. The molecule has 27 heavy (non-hydrogen) atoms. The molecule has 0 fully saturated rings. The maximum Gasteiger partial charge on any atom is 0.146 e. The molecule has 138 valence electrons. The van der Waals surface area contributed by atoms with Crippen LogP contribution >= 0.6 is 0 Å². The minimum absolute atomic E-state index is 0.252. The molecule has 0 spiro atoms. The van der Waals surface area contributed by atoms with Crippen molar-refractivity contribution in [2.24, 2.45) is 0 Å². The fraction of sp³-hybridized carbons (Fsp3) is 0.200. The van der Waals surface area contributed by atoms with Gasteiger partial charge in [0.1, 0.15) is 23.3 Å². The van der Waals surface area contributed by atoms with Gasteiger partial charge < -0.3 is 11.1 Å². The zero-order valence-corrected chi connectivity index (χ0v) is 14.3. The van der Waals surface area contributed by atoms with Crippen LogP contribution in [0.25, 0.3) is 11.3 Å². The van der Waals surface area contributed by atoms with Crippen molar-refractivity contribution in [1.82, 2.24) is 15.5 Å². The van der Waals surface area contributed by atoms with E-state index in [9.17, 15) is 8.78 Å². The summed E-state index contributed by atoms with van der Waals surface area (Å²) in [7, 11) is 0. The lowest BCUT2D eigenvalue weighted by atomic mass is 9.85. The maximum absolute atomic E-state index is 15.3. The van der Waals surface area contributed by atoms with E-state index < -0.39 is 17.5 Å². The van der Waals surface area contributed by atoms with E-state index in [1.165, 1.54) is 12.1 Å². The molecule has 2 aromatic carbocycles. The van der Waals surface area contributed by atoms with Gasteiger partial charge in [0.25, 0.3) is 0 Å². The molecule has 3 N–H and O–H groups in total. The second-order valence-corrected chi connectivity index (χ2v) is 6.52. The third-order valence-corrected chi connectivity index (χ3v) is 4.87. The highest BCUT2D eigenvalue weighted by Crippen LogP contribution is 2.37. The van der Waals surface area contributed by atoms with Crippen LogP contribution in [0.1, 0.15) is 29.0 Å². The standard InChI is InChI=1S/C20H17F3N4/c21-11-1-2-14(17(22)9-11)13-7-8-25-10-16-12(13)3-4-15(20(16)23)18-5-6-19(24)27-26-18/h1-6,9,13,25H,7-8,10H2,(H2,24,27). The van der Waals surface area contributed by atoms with E-state index in [-0.39, 0.29) is 11.7 Å². The molecule has 1 unspecified atom stereocenters. The molecule has 1 aliphatic rings. The van der Waals surface area contributed by atoms with Gasteiger partial charge in [-0.3, -0.25) is 0 Å². The first-order valence-corrected chi connectivity index (χ1v) is 8.61. The number of anilines is 1. The van der Waals surface area contributed by atoms with Gasteiger partial charge in [0.05, 0.1) is 5.69 Å². The number of benzene rings is 2. The van der Waals surface area contributed by atoms with Crippen LogP contribution in [0.4, 0.5) is 19.0 Å². The number of nitrogen functional groups attached to an aromatic ring is 1. The van der Waals surface area contributed by atoms with E-state index in [0.717, 1.165) is 6.07 Å². The van der Waals surface area contributed by atoms with Gasteiger partial charge in [-0.05, 0) is 48.4 Å². The molecule has 0 saturated heterocycles. The lowest BCUT2D eigenvalue weighted by Crippen LogP contribution is -2.13. The normalized spacial score (nSPS) is 16.6. The Bertz CT molecular complexity index is 989. The van der Waals surface area contributed by atoms with Crippen LogP contribution in [0.15, 0.2) is 42.5 Å². The number of hydrogen-bond donors (Lipinski definition) is 2. The zero-order valence-electron chi connectivity index (χ0n) is 14.3. The van der Waals surface area contributed by atoms with Crippen LogP contribution < -0.4 is 11.1 Å². The molecule has 0 radical (unpaired) electrons. The fourth-order valence-corrected chi connectivity index (χ4v) is 3.55. The third-order valence-electron chi connectivity index (χ3n) is 4.87. The van der Waals surface area contributed by atoms with Crippen molar-refractivity contribution in [2.45, 2.75) is 18.9 Å².